The first-order valence-electron chi connectivity index (χ1n) is 12.1. The van der Waals surface area contributed by atoms with E-state index in [1.165, 1.54) is 0 Å². The molecule has 3 aromatic carbocycles. The van der Waals surface area contributed by atoms with Crippen molar-refractivity contribution in [2.24, 2.45) is 5.10 Å². The minimum Gasteiger partial charge on any atom is -0.493 e. The van der Waals surface area contributed by atoms with Crippen molar-refractivity contribution >= 4 is 45.8 Å². The molecular weight excluding hydrogens is 488 g/mol. The molecule has 8 nitrogen and oxygen atoms in total. The Labute approximate surface area is 219 Å². The maximum atomic E-state index is 6.23. The number of hydrogen-bond donors (Lipinski definition) is 1. The van der Waals surface area contributed by atoms with Gasteiger partial charge in [-0.1, -0.05) is 61.3 Å². The Morgan fingerprint density at radius 3 is 2.70 bits per heavy atom. The van der Waals surface area contributed by atoms with E-state index in [0.29, 0.717) is 29.1 Å². The maximum absolute atomic E-state index is 6.23. The van der Waals surface area contributed by atoms with Gasteiger partial charge in [0.2, 0.25) is 0 Å². The molecule has 0 aliphatic rings. The van der Waals surface area contributed by atoms with Gasteiger partial charge in [-0.2, -0.15) is 10.1 Å². The molecule has 2 heterocycles. The van der Waals surface area contributed by atoms with Crippen LogP contribution in [0, 0.1) is 0 Å². The number of benzene rings is 3. The van der Waals surface area contributed by atoms with E-state index in [0.717, 1.165) is 52.6 Å². The first-order chi connectivity index (χ1) is 18.2. The fourth-order valence-corrected chi connectivity index (χ4v) is 4.30. The Balaban J connectivity index is 1.32. The van der Waals surface area contributed by atoms with E-state index in [9.17, 15) is 0 Å². The van der Waals surface area contributed by atoms with Crippen molar-refractivity contribution in [3.05, 3.63) is 82.9 Å². The number of unbranched alkanes of at least 4 members (excludes halogenated alkanes) is 1. The zero-order chi connectivity index (χ0) is 25.6. The lowest BCUT2D eigenvalue weighted by molar-refractivity contribution is 0.284. The molecule has 0 saturated carbocycles. The molecule has 0 saturated heterocycles. The van der Waals surface area contributed by atoms with Gasteiger partial charge in [0.15, 0.2) is 17.1 Å². The van der Waals surface area contributed by atoms with Crippen molar-refractivity contribution in [3.63, 3.8) is 0 Å². The summed E-state index contributed by atoms with van der Waals surface area (Å²) in [6.07, 6.45) is 3.81. The number of aromatic nitrogens is 4. The Bertz CT molecular complexity index is 1570. The second kappa shape index (κ2) is 11.3. The number of fused-ring (bicyclic) bond motifs is 3. The maximum Gasteiger partial charge on any atom is 0.265 e. The standard InChI is InChI=1S/C28H27ClN6O2/c1-3-4-15-35-23-12-8-6-10-21(23)26-27(35)31-28(34-32-26)33-30-17-19-13-14-24(25(16-19)36-2)37-18-20-9-5-7-11-22(20)29/h5-14,16-17H,3-4,15,18H2,1-2H3,(H,31,33,34)/b30-17+. The van der Waals surface area contributed by atoms with Gasteiger partial charge in [-0.05, 0) is 42.3 Å². The summed E-state index contributed by atoms with van der Waals surface area (Å²) in [6, 6.07) is 21.3. The van der Waals surface area contributed by atoms with Crippen molar-refractivity contribution in [2.75, 3.05) is 12.5 Å². The lowest BCUT2D eigenvalue weighted by atomic mass is 10.2. The lowest BCUT2D eigenvalue weighted by Crippen LogP contribution is -2.03. The summed E-state index contributed by atoms with van der Waals surface area (Å²) in [6.45, 7) is 3.38. The van der Waals surface area contributed by atoms with Crippen molar-refractivity contribution in [1.29, 1.82) is 0 Å². The normalized spacial score (nSPS) is 11.4. The molecule has 5 aromatic rings. The number of nitrogens with zero attached hydrogens (tertiary/aromatic N) is 5. The minimum absolute atomic E-state index is 0.330. The third kappa shape index (κ3) is 5.34. The largest absolute Gasteiger partial charge is 0.493 e. The molecule has 0 bridgehead atoms. The van der Waals surface area contributed by atoms with Gasteiger partial charge >= 0.3 is 0 Å². The van der Waals surface area contributed by atoms with Gasteiger partial charge in [-0.25, -0.2) is 5.43 Å². The molecule has 1 N–H and O–H groups in total. The van der Waals surface area contributed by atoms with Crippen molar-refractivity contribution in [2.45, 2.75) is 32.9 Å². The average Bonchev–Trinajstić information content (AvgIpc) is 3.24. The number of ether oxygens (including phenoxy) is 2. The van der Waals surface area contributed by atoms with Crippen molar-refractivity contribution < 1.29 is 9.47 Å². The molecule has 0 aliphatic carbocycles. The zero-order valence-electron chi connectivity index (χ0n) is 20.7. The van der Waals surface area contributed by atoms with Crippen LogP contribution in [0.1, 0.15) is 30.9 Å². The molecule has 188 valence electrons. The highest BCUT2D eigenvalue weighted by atomic mass is 35.5. The molecule has 0 aliphatic heterocycles. The Kier molecular flexibility index (Phi) is 7.46. The van der Waals surface area contributed by atoms with Gasteiger partial charge < -0.3 is 14.0 Å². The number of methoxy groups -OCH3 is 1. The quantitative estimate of drug-likeness (QED) is 0.170. The van der Waals surface area contributed by atoms with Crippen LogP contribution in [0.5, 0.6) is 11.5 Å². The lowest BCUT2D eigenvalue weighted by Gasteiger charge is -2.12. The zero-order valence-corrected chi connectivity index (χ0v) is 21.4. The summed E-state index contributed by atoms with van der Waals surface area (Å²) in [5.74, 6) is 1.54. The van der Waals surface area contributed by atoms with E-state index < -0.39 is 0 Å². The predicted octanol–water partition coefficient (Wildman–Crippen LogP) is 6.47. The van der Waals surface area contributed by atoms with E-state index in [4.69, 9.17) is 26.1 Å². The van der Waals surface area contributed by atoms with E-state index >= 15 is 0 Å². The molecule has 0 unspecified atom stereocenters. The number of hydrazone groups is 1. The van der Waals surface area contributed by atoms with Crippen LogP contribution in [0.3, 0.4) is 0 Å². The van der Waals surface area contributed by atoms with Crippen LogP contribution in [-0.2, 0) is 13.2 Å². The molecule has 9 heteroatoms. The SMILES string of the molecule is CCCCn1c2ccccc2c2nnc(N/N=C/c3ccc(OCc4ccccc4Cl)c(OC)c3)nc21. The number of aryl methyl sites for hydroxylation is 1. The van der Waals surface area contributed by atoms with Crippen LogP contribution in [0.15, 0.2) is 71.8 Å². The molecular formula is C28H27ClN6O2. The summed E-state index contributed by atoms with van der Waals surface area (Å²) in [4.78, 5) is 4.71. The van der Waals surface area contributed by atoms with E-state index in [1.807, 2.05) is 54.6 Å². The molecule has 0 atom stereocenters. The van der Waals surface area contributed by atoms with E-state index in [1.54, 1.807) is 13.3 Å². The molecule has 2 aromatic heterocycles. The highest BCUT2D eigenvalue weighted by Gasteiger charge is 2.14. The second-order valence-electron chi connectivity index (χ2n) is 8.49. The Morgan fingerprint density at radius 1 is 1.03 bits per heavy atom. The van der Waals surface area contributed by atoms with E-state index in [-0.39, 0.29) is 0 Å². The van der Waals surface area contributed by atoms with Gasteiger partial charge in [-0.3, -0.25) is 0 Å². The number of anilines is 1. The first kappa shape index (κ1) is 24.5. The van der Waals surface area contributed by atoms with Crippen LogP contribution in [-0.4, -0.2) is 33.1 Å². The molecule has 5 rings (SSSR count). The fourth-order valence-electron chi connectivity index (χ4n) is 4.11. The van der Waals surface area contributed by atoms with Crippen LogP contribution >= 0.6 is 11.6 Å². The molecule has 37 heavy (non-hydrogen) atoms. The molecule has 0 amide bonds. The highest BCUT2D eigenvalue weighted by molar-refractivity contribution is 6.31. The van der Waals surface area contributed by atoms with Crippen molar-refractivity contribution in [1.82, 2.24) is 19.7 Å². The molecule has 0 spiro atoms. The summed E-state index contributed by atoms with van der Waals surface area (Å²) in [7, 11) is 1.60. The van der Waals surface area contributed by atoms with Crippen LogP contribution in [0.25, 0.3) is 22.1 Å². The third-order valence-corrected chi connectivity index (χ3v) is 6.38. The second-order valence-corrected chi connectivity index (χ2v) is 8.90. The molecule has 0 radical (unpaired) electrons. The average molecular weight is 515 g/mol. The minimum atomic E-state index is 0.330. The third-order valence-electron chi connectivity index (χ3n) is 6.02. The van der Waals surface area contributed by atoms with Gasteiger partial charge in [0.25, 0.3) is 5.95 Å². The predicted molar refractivity (Wildman–Crippen MR) is 148 cm³/mol. The number of para-hydroxylation sites is 1. The van der Waals surface area contributed by atoms with Gasteiger partial charge in [0, 0.05) is 22.5 Å². The summed E-state index contributed by atoms with van der Waals surface area (Å²) in [5, 5.41) is 14.7. The van der Waals surface area contributed by atoms with Crippen LogP contribution in [0.4, 0.5) is 5.95 Å². The number of hydrogen-bond acceptors (Lipinski definition) is 7. The topological polar surface area (TPSA) is 86.5 Å². The number of halogens is 1. The molecule has 0 fully saturated rings. The first-order valence-corrected chi connectivity index (χ1v) is 12.5. The Morgan fingerprint density at radius 2 is 1.86 bits per heavy atom. The number of rotatable bonds is 10. The highest BCUT2D eigenvalue weighted by Crippen LogP contribution is 2.29. The van der Waals surface area contributed by atoms with Crippen LogP contribution in [0.2, 0.25) is 5.02 Å². The Hall–Kier alpha value is -4.17. The van der Waals surface area contributed by atoms with Gasteiger partial charge in [-0.15, -0.1) is 10.2 Å². The fraction of sp³-hybridized carbons (Fsp3) is 0.214. The monoisotopic (exact) mass is 514 g/mol. The van der Waals surface area contributed by atoms with Crippen LogP contribution < -0.4 is 14.9 Å². The summed E-state index contributed by atoms with van der Waals surface area (Å²) < 4.78 is 13.6. The van der Waals surface area contributed by atoms with E-state index in [2.05, 4.69) is 44.3 Å². The van der Waals surface area contributed by atoms with Gasteiger partial charge in [0.1, 0.15) is 12.1 Å². The summed E-state index contributed by atoms with van der Waals surface area (Å²) >= 11 is 6.23. The number of nitrogens with one attached hydrogen (secondary N) is 1. The summed E-state index contributed by atoms with van der Waals surface area (Å²) in [5.41, 5.74) is 7.32. The smallest absolute Gasteiger partial charge is 0.265 e. The van der Waals surface area contributed by atoms with Gasteiger partial charge in [0.05, 0.1) is 18.8 Å². The van der Waals surface area contributed by atoms with Crippen molar-refractivity contribution in [3.8, 4) is 11.5 Å².